The van der Waals surface area contributed by atoms with Gasteiger partial charge in [-0.1, -0.05) is 18.2 Å². The summed E-state index contributed by atoms with van der Waals surface area (Å²) >= 11 is 0. The van der Waals surface area contributed by atoms with Crippen molar-refractivity contribution in [2.45, 2.75) is 12.9 Å². The van der Waals surface area contributed by atoms with Crippen LogP contribution < -0.4 is 5.32 Å². The normalized spacial score (nSPS) is 11.5. The Hall–Kier alpha value is -2.96. The first-order valence-electron chi connectivity index (χ1n) is 7.32. The standard InChI is InChI=1S/C18H12F4N2O/c19-10-14-7-4-11-2-1-3-15(16(11)23-14)17(25)24-13-8-5-12(6-9-13)18(20,21)22/h1-9H,10H2,(H,24,25). The summed E-state index contributed by atoms with van der Waals surface area (Å²) in [7, 11) is 0. The zero-order chi connectivity index (χ0) is 18.0. The maximum atomic E-state index is 12.8. The van der Waals surface area contributed by atoms with Gasteiger partial charge in [0.15, 0.2) is 0 Å². The second-order valence-corrected chi connectivity index (χ2v) is 5.34. The molecule has 0 unspecified atom stereocenters. The van der Waals surface area contributed by atoms with Gasteiger partial charge in [-0.05, 0) is 36.4 Å². The number of pyridine rings is 1. The molecule has 1 heterocycles. The molecule has 0 saturated carbocycles. The van der Waals surface area contributed by atoms with Gasteiger partial charge < -0.3 is 5.32 Å². The number of aromatic nitrogens is 1. The van der Waals surface area contributed by atoms with Crippen molar-refractivity contribution in [1.82, 2.24) is 4.98 Å². The van der Waals surface area contributed by atoms with Crippen molar-refractivity contribution >= 4 is 22.5 Å². The van der Waals surface area contributed by atoms with Crippen molar-refractivity contribution < 1.29 is 22.4 Å². The van der Waals surface area contributed by atoms with Gasteiger partial charge >= 0.3 is 6.18 Å². The predicted molar refractivity (Wildman–Crippen MR) is 86.0 cm³/mol. The van der Waals surface area contributed by atoms with Crippen LogP contribution in [-0.2, 0) is 12.9 Å². The quantitative estimate of drug-likeness (QED) is 0.679. The van der Waals surface area contributed by atoms with E-state index in [1.807, 2.05) is 0 Å². The Morgan fingerprint density at radius 2 is 1.72 bits per heavy atom. The number of hydrogen-bond acceptors (Lipinski definition) is 2. The van der Waals surface area contributed by atoms with Crippen LogP contribution in [0, 0.1) is 0 Å². The monoisotopic (exact) mass is 348 g/mol. The molecule has 0 saturated heterocycles. The Morgan fingerprint density at radius 3 is 2.36 bits per heavy atom. The van der Waals surface area contributed by atoms with E-state index in [1.165, 1.54) is 24.3 Å². The van der Waals surface area contributed by atoms with Crippen LogP contribution in [0.4, 0.5) is 23.2 Å². The van der Waals surface area contributed by atoms with Gasteiger partial charge in [0.2, 0.25) is 0 Å². The van der Waals surface area contributed by atoms with Crippen LogP contribution in [0.2, 0.25) is 0 Å². The number of carbonyl (C=O) groups is 1. The van der Waals surface area contributed by atoms with E-state index in [0.29, 0.717) is 10.9 Å². The minimum absolute atomic E-state index is 0.197. The molecule has 0 spiro atoms. The van der Waals surface area contributed by atoms with Crippen LogP contribution in [0.5, 0.6) is 0 Å². The fraction of sp³-hybridized carbons (Fsp3) is 0.111. The Kier molecular flexibility index (Phi) is 4.39. The van der Waals surface area contributed by atoms with Gasteiger partial charge in [0.05, 0.1) is 22.3 Å². The van der Waals surface area contributed by atoms with Crippen LogP contribution in [0.15, 0.2) is 54.6 Å². The van der Waals surface area contributed by atoms with Gasteiger partial charge in [-0.15, -0.1) is 0 Å². The minimum atomic E-state index is -4.44. The van der Waals surface area contributed by atoms with E-state index in [2.05, 4.69) is 10.3 Å². The van der Waals surface area contributed by atoms with Gasteiger partial charge in [-0.25, -0.2) is 9.37 Å². The third-order valence-corrected chi connectivity index (χ3v) is 3.63. The fourth-order valence-electron chi connectivity index (χ4n) is 2.39. The predicted octanol–water partition coefficient (Wildman–Crippen LogP) is 4.98. The summed E-state index contributed by atoms with van der Waals surface area (Å²) in [4.78, 5) is 16.6. The number of nitrogens with one attached hydrogen (secondary N) is 1. The fourth-order valence-corrected chi connectivity index (χ4v) is 2.39. The number of amides is 1. The van der Waals surface area contributed by atoms with Crippen LogP contribution >= 0.6 is 0 Å². The van der Waals surface area contributed by atoms with Crippen molar-refractivity contribution in [3.63, 3.8) is 0 Å². The first-order chi connectivity index (χ1) is 11.9. The van der Waals surface area contributed by atoms with Crippen molar-refractivity contribution in [3.8, 4) is 0 Å². The third kappa shape index (κ3) is 3.60. The molecule has 0 aliphatic heterocycles. The number of alkyl halides is 4. The topological polar surface area (TPSA) is 42.0 Å². The summed E-state index contributed by atoms with van der Waals surface area (Å²) in [6.07, 6.45) is -4.44. The minimum Gasteiger partial charge on any atom is -0.322 e. The van der Waals surface area contributed by atoms with E-state index < -0.39 is 24.3 Å². The molecule has 1 amide bonds. The van der Waals surface area contributed by atoms with Crippen molar-refractivity contribution in [2.75, 3.05) is 5.32 Å². The Balaban J connectivity index is 1.90. The van der Waals surface area contributed by atoms with Gasteiger partial charge in [-0.3, -0.25) is 4.79 Å². The molecule has 0 fully saturated rings. The Bertz CT molecular complexity index is 921. The molecule has 2 aromatic carbocycles. The largest absolute Gasteiger partial charge is 0.416 e. The summed E-state index contributed by atoms with van der Waals surface area (Å²) in [6.45, 7) is -0.759. The van der Waals surface area contributed by atoms with E-state index >= 15 is 0 Å². The summed E-state index contributed by atoms with van der Waals surface area (Å²) in [5.74, 6) is -0.533. The summed E-state index contributed by atoms with van der Waals surface area (Å²) < 4.78 is 50.5. The van der Waals surface area contributed by atoms with Crippen LogP contribution in [0.25, 0.3) is 10.9 Å². The average molecular weight is 348 g/mol. The lowest BCUT2D eigenvalue weighted by atomic mass is 10.1. The summed E-state index contributed by atoms with van der Waals surface area (Å²) in [5.41, 5.74) is 0.165. The van der Waals surface area contributed by atoms with Crippen molar-refractivity contribution in [1.29, 1.82) is 0 Å². The van der Waals surface area contributed by atoms with E-state index in [4.69, 9.17) is 0 Å². The van der Waals surface area contributed by atoms with E-state index in [0.717, 1.165) is 12.1 Å². The molecule has 25 heavy (non-hydrogen) atoms. The highest BCUT2D eigenvalue weighted by atomic mass is 19.4. The molecule has 3 rings (SSSR count). The molecule has 0 radical (unpaired) electrons. The lowest BCUT2D eigenvalue weighted by Gasteiger charge is -2.10. The van der Waals surface area contributed by atoms with Crippen LogP contribution in [0.1, 0.15) is 21.6 Å². The molecule has 0 aliphatic carbocycles. The zero-order valence-electron chi connectivity index (χ0n) is 12.8. The second kappa shape index (κ2) is 6.51. The molecule has 0 atom stereocenters. The first-order valence-corrected chi connectivity index (χ1v) is 7.32. The molecule has 0 bridgehead atoms. The lowest BCUT2D eigenvalue weighted by molar-refractivity contribution is -0.137. The molecule has 3 aromatic rings. The van der Waals surface area contributed by atoms with E-state index in [9.17, 15) is 22.4 Å². The number of carbonyl (C=O) groups excluding carboxylic acids is 1. The molecular formula is C18H12F4N2O. The van der Waals surface area contributed by atoms with E-state index in [-0.39, 0.29) is 16.9 Å². The molecule has 1 N–H and O–H groups in total. The highest BCUT2D eigenvalue weighted by Crippen LogP contribution is 2.30. The number of hydrogen-bond donors (Lipinski definition) is 1. The maximum Gasteiger partial charge on any atom is 0.416 e. The highest BCUT2D eigenvalue weighted by molar-refractivity contribution is 6.11. The molecular weight excluding hydrogens is 336 g/mol. The second-order valence-electron chi connectivity index (χ2n) is 5.34. The third-order valence-electron chi connectivity index (χ3n) is 3.63. The number of benzene rings is 2. The smallest absolute Gasteiger partial charge is 0.322 e. The number of para-hydroxylation sites is 1. The molecule has 0 aliphatic rings. The maximum absolute atomic E-state index is 12.8. The first kappa shape index (κ1) is 16.9. The SMILES string of the molecule is O=C(Nc1ccc(C(F)(F)F)cc1)c1cccc2ccc(CF)nc12. The summed E-state index contributed by atoms with van der Waals surface area (Å²) in [5, 5.41) is 3.19. The van der Waals surface area contributed by atoms with Crippen molar-refractivity contribution in [3.05, 3.63) is 71.4 Å². The number of rotatable bonds is 3. The highest BCUT2D eigenvalue weighted by Gasteiger charge is 2.30. The van der Waals surface area contributed by atoms with Crippen molar-refractivity contribution in [2.24, 2.45) is 0 Å². The Labute approximate surface area is 140 Å². The zero-order valence-corrected chi connectivity index (χ0v) is 12.8. The molecule has 1 aromatic heterocycles. The molecule has 128 valence electrons. The van der Waals surface area contributed by atoms with E-state index in [1.54, 1.807) is 18.2 Å². The van der Waals surface area contributed by atoms with Crippen LogP contribution in [-0.4, -0.2) is 10.9 Å². The van der Waals surface area contributed by atoms with Gasteiger partial charge in [-0.2, -0.15) is 13.2 Å². The number of halogens is 4. The lowest BCUT2D eigenvalue weighted by Crippen LogP contribution is -2.13. The number of nitrogens with zero attached hydrogens (tertiary/aromatic N) is 1. The van der Waals surface area contributed by atoms with Gasteiger partial charge in [0.25, 0.3) is 5.91 Å². The molecule has 7 heteroatoms. The average Bonchev–Trinajstić information content (AvgIpc) is 2.60. The number of anilines is 1. The Morgan fingerprint density at radius 1 is 1.00 bits per heavy atom. The molecule has 3 nitrogen and oxygen atoms in total. The van der Waals surface area contributed by atoms with Gasteiger partial charge in [0, 0.05) is 11.1 Å². The summed E-state index contributed by atoms with van der Waals surface area (Å²) in [6, 6.07) is 12.2. The number of fused-ring (bicyclic) bond motifs is 1. The van der Waals surface area contributed by atoms with Crippen LogP contribution in [0.3, 0.4) is 0 Å². The van der Waals surface area contributed by atoms with Gasteiger partial charge in [0.1, 0.15) is 6.67 Å².